The number of carboxylic acids is 4. The zero-order chi connectivity index (χ0) is 42.0. The van der Waals surface area contributed by atoms with Crippen LogP contribution in [0.1, 0.15) is 64.7 Å². The molecule has 1 rings (SSSR count). The highest BCUT2D eigenvalue weighted by molar-refractivity contribution is 6.41. The van der Waals surface area contributed by atoms with Crippen molar-refractivity contribution < 1.29 is 78.3 Å². The molecule has 0 radical (unpaired) electrons. The standard InChI is InChI=1S/C32H49N7O16/c1-15(35-13-23(42)19(11-27(49)50)38-30(53)17(34)5-8-25(45)46)22(41)12-36-20(14-40)32(55)39-10-2-3-21(39)31(54)37-18(6-9-26(47)48)29(52)28(51)16(33)4-7-24(43)44/h15-21,35-36,40H,2-14,33-34H2,1H3,(H,37,54)(H,38,53)(H,43,44)(H,45,46)(H,47,48)(H,49,50)/t15-,16-,17-,18-,19-,20-,21-/m0/s1. The smallest absolute Gasteiger partial charge is 0.305 e. The van der Waals surface area contributed by atoms with Gasteiger partial charge in [0.15, 0.2) is 11.6 Å². The first kappa shape index (κ1) is 47.8. The molecule has 3 amide bonds. The van der Waals surface area contributed by atoms with Crippen molar-refractivity contribution in [2.75, 3.05) is 26.2 Å². The zero-order valence-corrected chi connectivity index (χ0v) is 30.1. The number of carboxylic acid groups (broad SMARTS) is 4. The molecule has 0 saturated carbocycles. The Labute approximate surface area is 313 Å². The van der Waals surface area contributed by atoms with Gasteiger partial charge in [0.1, 0.15) is 12.1 Å². The molecule has 1 aliphatic heterocycles. The highest BCUT2D eigenvalue weighted by Crippen LogP contribution is 2.19. The fraction of sp³-hybridized carbons (Fsp3) is 0.656. The lowest BCUT2D eigenvalue weighted by Crippen LogP contribution is -2.57. The van der Waals surface area contributed by atoms with E-state index in [2.05, 4.69) is 21.3 Å². The third kappa shape index (κ3) is 16.8. The lowest BCUT2D eigenvalue weighted by atomic mass is 9.96. The first-order valence-corrected chi connectivity index (χ1v) is 17.2. The van der Waals surface area contributed by atoms with Gasteiger partial charge in [-0.1, -0.05) is 0 Å². The summed E-state index contributed by atoms with van der Waals surface area (Å²) in [4.78, 5) is 135. The topological polar surface area (TPSA) is 392 Å². The summed E-state index contributed by atoms with van der Waals surface area (Å²) < 4.78 is 0. The fourth-order valence-corrected chi connectivity index (χ4v) is 5.28. The van der Waals surface area contributed by atoms with Crippen LogP contribution in [0, 0.1) is 0 Å². The number of aliphatic hydroxyl groups excluding tert-OH is 1. The van der Waals surface area contributed by atoms with Gasteiger partial charge in [0.25, 0.3) is 0 Å². The van der Waals surface area contributed by atoms with Gasteiger partial charge in [0.05, 0.1) is 56.3 Å². The number of Topliss-reactive ketones (excluding diaryl/α,β-unsaturated/α-hetero) is 4. The van der Waals surface area contributed by atoms with E-state index in [-0.39, 0.29) is 19.4 Å². The first-order valence-electron chi connectivity index (χ1n) is 17.2. The number of carbonyl (C=O) groups is 11. The summed E-state index contributed by atoms with van der Waals surface area (Å²) in [5.74, 6) is -11.9. The molecule has 1 saturated heterocycles. The molecule has 23 heteroatoms. The van der Waals surface area contributed by atoms with Crippen LogP contribution in [0.3, 0.4) is 0 Å². The second kappa shape index (κ2) is 23.5. The molecule has 308 valence electrons. The van der Waals surface area contributed by atoms with Crippen molar-refractivity contribution in [3.63, 3.8) is 0 Å². The van der Waals surface area contributed by atoms with Crippen molar-refractivity contribution in [2.45, 2.75) is 107 Å². The number of aliphatic hydroxyl groups is 1. The molecule has 1 heterocycles. The van der Waals surface area contributed by atoms with Crippen LogP contribution in [-0.4, -0.2) is 164 Å². The molecule has 55 heavy (non-hydrogen) atoms. The van der Waals surface area contributed by atoms with E-state index in [0.717, 1.165) is 4.90 Å². The van der Waals surface area contributed by atoms with E-state index in [4.69, 9.17) is 26.8 Å². The molecule has 7 atom stereocenters. The number of hydrogen-bond acceptors (Lipinski definition) is 16. The molecule has 1 fully saturated rings. The Hall–Kier alpha value is -5.23. The number of amides is 3. The van der Waals surface area contributed by atoms with Crippen LogP contribution in [0.25, 0.3) is 0 Å². The van der Waals surface area contributed by atoms with Crippen molar-refractivity contribution >= 4 is 64.7 Å². The van der Waals surface area contributed by atoms with Crippen LogP contribution in [0.2, 0.25) is 0 Å². The molecule has 0 unspecified atom stereocenters. The number of likely N-dealkylation sites (tertiary alicyclic amines) is 1. The van der Waals surface area contributed by atoms with Gasteiger partial charge < -0.3 is 57.9 Å². The average Bonchev–Trinajstić information content (AvgIpc) is 3.62. The van der Waals surface area contributed by atoms with Crippen molar-refractivity contribution in [3.05, 3.63) is 0 Å². The molecule has 0 aliphatic carbocycles. The normalized spacial score (nSPS) is 17.1. The molecular weight excluding hydrogens is 738 g/mol. The average molecular weight is 788 g/mol. The van der Waals surface area contributed by atoms with Crippen LogP contribution in [0.15, 0.2) is 0 Å². The van der Waals surface area contributed by atoms with Crippen molar-refractivity contribution in [1.29, 1.82) is 0 Å². The maximum absolute atomic E-state index is 13.4. The van der Waals surface area contributed by atoms with Gasteiger partial charge in [0.2, 0.25) is 29.3 Å². The van der Waals surface area contributed by atoms with E-state index in [1.807, 2.05) is 0 Å². The van der Waals surface area contributed by atoms with E-state index >= 15 is 0 Å². The summed E-state index contributed by atoms with van der Waals surface area (Å²) in [7, 11) is 0. The monoisotopic (exact) mass is 787 g/mol. The zero-order valence-electron chi connectivity index (χ0n) is 30.1. The maximum atomic E-state index is 13.4. The van der Waals surface area contributed by atoms with Gasteiger partial charge in [-0.3, -0.25) is 58.1 Å². The van der Waals surface area contributed by atoms with Gasteiger partial charge in [-0.05, 0) is 39.0 Å². The van der Waals surface area contributed by atoms with Crippen molar-refractivity contribution in [2.24, 2.45) is 11.5 Å². The second-order valence-corrected chi connectivity index (χ2v) is 12.8. The number of ketones is 4. The van der Waals surface area contributed by atoms with Crippen LogP contribution in [0.4, 0.5) is 0 Å². The highest BCUT2D eigenvalue weighted by Gasteiger charge is 2.39. The number of rotatable bonds is 28. The quantitative estimate of drug-likeness (QED) is 0.0330. The van der Waals surface area contributed by atoms with Gasteiger partial charge in [0, 0.05) is 25.8 Å². The van der Waals surface area contributed by atoms with Crippen LogP contribution in [-0.2, 0) is 52.7 Å². The summed E-state index contributed by atoms with van der Waals surface area (Å²) >= 11 is 0. The molecule has 1 aliphatic rings. The predicted molar refractivity (Wildman–Crippen MR) is 184 cm³/mol. The lowest BCUT2D eigenvalue weighted by molar-refractivity contribution is -0.144. The molecule has 0 spiro atoms. The number of carbonyl (C=O) groups excluding carboxylic acids is 7. The van der Waals surface area contributed by atoms with Crippen LogP contribution in [0.5, 0.6) is 0 Å². The predicted octanol–water partition coefficient (Wildman–Crippen LogP) is -5.12. The summed E-state index contributed by atoms with van der Waals surface area (Å²) in [6.07, 6.45) is -3.27. The van der Waals surface area contributed by atoms with E-state index in [1.54, 1.807) is 0 Å². The van der Waals surface area contributed by atoms with E-state index < -0.39 is 165 Å². The Bertz CT molecular complexity index is 1470. The SMILES string of the molecule is C[C@H](NCC(=O)[C@H](CC(=O)O)NC(=O)[C@@H](N)CCC(=O)O)C(=O)CN[C@@H](CO)C(=O)N1CCC[C@H]1C(=O)N[C@@H](CCC(=O)O)C(=O)C(=O)[C@@H](N)CCC(=O)O. The third-order valence-electron chi connectivity index (χ3n) is 8.53. The van der Waals surface area contributed by atoms with E-state index in [9.17, 15) is 63.0 Å². The first-order chi connectivity index (χ1) is 25.7. The second-order valence-electron chi connectivity index (χ2n) is 12.8. The molecule has 0 aromatic heterocycles. The van der Waals surface area contributed by atoms with Gasteiger partial charge in [-0.2, -0.15) is 0 Å². The van der Waals surface area contributed by atoms with E-state index in [1.165, 1.54) is 6.92 Å². The van der Waals surface area contributed by atoms with Gasteiger partial charge >= 0.3 is 23.9 Å². The Morgan fingerprint density at radius 2 is 1.22 bits per heavy atom. The van der Waals surface area contributed by atoms with Gasteiger partial charge in [-0.25, -0.2) is 0 Å². The maximum Gasteiger partial charge on any atom is 0.305 e. The molecule has 23 nitrogen and oxygen atoms in total. The molecule has 0 aromatic carbocycles. The van der Waals surface area contributed by atoms with Crippen molar-refractivity contribution in [3.8, 4) is 0 Å². The summed E-state index contributed by atoms with van der Waals surface area (Å²) in [5.41, 5.74) is 11.3. The number of nitrogens with two attached hydrogens (primary N) is 2. The molecular formula is C32H49N7O16. The van der Waals surface area contributed by atoms with Crippen molar-refractivity contribution in [1.82, 2.24) is 26.2 Å². The lowest BCUT2D eigenvalue weighted by Gasteiger charge is -2.29. The van der Waals surface area contributed by atoms with Gasteiger partial charge in [-0.15, -0.1) is 0 Å². The number of nitrogens with one attached hydrogen (secondary N) is 4. The molecule has 0 aromatic rings. The fourth-order valence-electron chi connectivity index (χ4n) is 5.28. The molecule has 0 bridgehead atoms. The minimum atomic E-state index is -1.66. The Balaban J connectivity index is 2.88. The molecule has 13 N–H and O–H groups in total. The Morgan fingerprint density at radius 3 is 1.76 bits per heavy atom. The van der Waals surface area contributed by atoms with Crippen LogP contribution < -0.4 is 32.7 Å². The summed E-state index contributed by atoms with van der Waals surface area (Å²) in [6.45, 7) is -0.641. The highest BCUT2D eigenvalue weighted by atomic mass is 16.4. The van der Waals surface area contributed by atoms with Crippen LogP contribution >= 0.6 is 0 Å². The Morgan fingerprint density at radius 1 is 0.673 bits per heavy atom. The minimum Gasteiger partial charge on any atom is -0.481 e. The minimum absolute atomic E-state index is 0.00829. The largest absolute Gasteiger partial charge is 0.481 e. The van der Waals surface area contributed by atoms with E-state index in [0.29, 0.717) is 6.42 Å². The summed E-state index contributed by atoms with van der Waals surface area (Å²) in [6, 6.07) is -9.84. The third-order valence-corrected chi connectivity index (χ3v) is 8.53. The number of hydrogen-bond donors (Lipinski definition) is 11. The summed E-state index contributed by atoms with van der Waals surface area (Å²) in [5, 5.41) is 55.4. The Kier molecular flexibility index (Phi) is 20.4. The number of nitrogens with zero attached hydrogens (tertiary/aromatic N) is 1. The number of aliphatic carboxylic acids is 4.